The molecule has 3 aromatic carbocycles. The third kappa shape index (κ3) is 4.42. The van der Waals surface area contributed by atoms with Gasteiger partial charge in [0.1, 0.15) is 17.4 Å². The van der Waals surface area contributed by atoms with Gasteiger partial charge in [0.05, 0.1) is 41.8 Å². The maximum absolute atomic E-state index is 14.0. The van der Waals surface area contributed by atoms with Gasteiger partial charge >= 0.3 is 6.03 Å². The van der Waals surface area contributed by atoms with Gasteiger partial charge in [0.15, 0.2) is 0 Å². The normalized spacial score (nSPS) is 14.4. The fourth-order valence-corrected chi connectivity index (χ4v) is 5.24. The topological polar surface area (TPSA) is 64.3 Å². The molecule has 7 nitrogen and oxygen atoms in total. The molecule has 0 unspecified atom stereocenters. The number of amides is 2. The summed E-state index contributed by atoms with van der Waals surface area (Å²) in [7, 11) is 1.62. The maximum Gasteiger partial charge on any atom is 0.322 e. The molecule has 1 N–H and O–H groups in total. The lowest BCUT2D eigenvalue weighted by molar-refractivity contribution is 0.194. The van der Waals surface area contributed by atoms with Crippen molar-refractivity contribution in [1.82, 2.24) is 19.2 Å². The number of rotatable bonds is 4. The highest BCUT2D eigenvalue weighted by Crippen LogP contribution is 2.39. The molecular weight excluding hydrogens is 517 g/mol. The smallest absolute Gasteiger partial charge is 0.322 e. The van der Waals surface area contributed by atoms with Gasteiger partial charge in [-0.15, -0.1) is 0 Å². The minimum absolute atomic E-state index is 0.0634. The van der Waals surface area contributed by atoms with Crippen LogP contribution in [0.4, 0.5) is 14.9 Å². The van der Waals surface area contributed by atoms with E-state index in [1.54, 1.807) is 12.0 Å². The van der Waals surface area contributed by atoms with Gasteiger partial charge in [-0.05, 0) is 67.1 Å². The van der Waals surface area contributed by atoms with Crippen LogP contribution in [-0.2, 0) is 6.54 Å². The minimum atomic E-state index is -0.549. The van der Waals surface area contributed by atoms with Crippen LogP contribution in [-0.4, -0.2) is 32.4 Å². The van der Waals surface area contributed by atoms with Crippen molar-refractivity contribution in [1.29, 1.82) is 0 Å². The number of benzene rings is 3. The molecule has 0 bridgehead atoms. The molecule has 2 aromatic heterocycles. The van der Waals surface area contributed by atoms with Crippen molar-refractivity contribution in [2.75, 3.05) is 12.4 Å². The Morgan fingerprint density at radius 3 is 2.54 bits per heavy atom. The quantitative estimate of drug-likeness (QED) is 0.269. The number of hydrogen-bond acceptors (Lipinski definition) is 3. The lowest BCUT2D eigenvalue weighted by atomic mass is 10.0. The number of anilines is 1. The van der Waals surface area contributed by atoms with Gasteiger partial charge in [-0.1, -0.05) is 41.9 Å². The zero-order chi connectivity index (χ0) is 27.1. The molecule has 1 aliphatic heterocycles. The lowest BCUT2D eigenvalue weighted by Gasteiger charge is -2.31. The number of para-hydroxylation sites is 1. The van der Waals surface area contributed by atoms with Crippen LogP contribution in [0.5, 0.6) is 5.75 Å². The summed E-state index contributed by atoms with van der Waals surface area (Å²) < 4.78 is 23.2. The minimum Gasteiger partial charge on any atom is -0.497 e. The van der Waals surface area contributed by atoms with Crippen LogP contribution >= 0.6 is 11.6 Å². The van der Waals surface area contributed by atoms with Crippen LogP contribution in [0.3, 0.4) is 0 Å². The fraction of sp³-hybridized carbons (Fsp3) is 0.133. The number of ether oxygens (including phenoxy) is 1. The molecular formula is C30H25ClFN5O2. The Balaban J connectivity index is 1.52. The largest absolute Gasteiger partial charge is 0.497 e. The predicted octanol–water partition coefficient (Wildman–Crippen LogP) is 6.91. The van der Waals surface area contributed by atoms with Crippen molar-refractivity contribution in [2.24, 2.45) is 0 Å². The number of hydrogen-bond donors (Lipinski definition) is 1. The molecule has 9 heteroatoms. The van der Waals surface area contributed by atoms with Crippen LogP contribution < -0.4 is 10.1 Å². The van der Waals surface area contributed by atoms with Crippen molar-refractivity contribution >= 4 is 23.3 Å². The van der Waals surface area contributed by atoms with Crippen molar-refractivity contribution in [3.05, 3.63) is 124 Å². The standard InChI is InChI=1S/C30H25ClFN5O2/c1-19-24-18-36(30(38)33-21-12-15-26(32)25(31)17-21)28(20-10-13-23(39-2)14-11-20)27-9-6-16-35(27)29(24)37(34-19)22-7-4-3-5-8-22/h3-17,28H,18H2,1-2H3,(H,33,38)/t28-/m0/s1. The van der Waals surface area contributed by atoms with Gasteiger partial charge < -0.3 is 19.5 Å². The second-order valence-electron chi connectivity index (χ2n) is 9.30. The molecule has 0 radical (unpaired) electrons. The number of fused-ring (bicyclic) bond motifs is 3. The highest BCUT2D eigenvalue weighted by molar-refractivity contribution is 6.31. The Labute approximate surface area is 230 Å². The number of nitrogens with one attached hydrogen (secondary N) is 1. The Hall–Kier alpha value is -4.56. The molecule has 0 saturated carbocycles. The molecule has 0 aliphatic carbocycles. The summed E-state index contributed by atoms with van der Waals surface area (Å²) in [6.07, 6.45) is 1.99. The molecule has 6 rings (SSSR count). The second kappa shape index (κ2) is 9.96. The summed E-state index contributed by atoms with van der Waals surface area (Å²) in [5, 5.41) is 7.72. The molecule has 1 aliphatic rings. The van der Waals surface area contributed by atoms with Gasteiger partial charge in [-0.2, -0.15) is 5.10 Å². The second-order valence-corrected chi connectivity index (χ2v) is 9.71. The van der Waals surface area contributed by atoms with E-state index in [0.717, 1.165) is 39.8 Å². The molecule has 5 aromatic rings. The number of carbonyl (C=O) groups excluding carboxylic acids is 1. The average molecular weight is 542 g/mol. The maximum atomic E-state index is 14.0. The summed E-state index contributed by atoms with van der Waals surface area (Å²) in [6.45, 7) is 2.23. The monoisotopic (exact) mass is 541 g/mol. The van der Waals surface area contributed by atoms with Gasteiger partial charge in [0, 0.05) is 17.4 Å². The van der Waals surface area contributed by atoms with E-state index >= 15 is 0 Å². The molecule has 3 heterocycles. The summed E-state index contributed by atoms with van der Waals surface area (Å²) in [5.41, 5.74) is 4.84. The molecule has 196 valence electrons. The highest BCUT2D eigenvalue weighted by Gasteiger charge is 2.36. The van der Waals surface area contributed by atoms with E-state index in [-0.39, 0.29) is 17.6 Å². The van der Waals surface area contributed by atoms with E-state index in [9.17, 15) is 9.18 Å². The Kier molecular flexibility index (Phi) is 6.32. The summed E-state index contributed by atoms with van der Waals surface area (Å²) in [4.78, 5) is 15.7. The van der Waals surface area contributed by atoms with E-state index in [4.69, 9.17) is 21.4 Å². The first-order valence-electron chi connectivity index (χ1n) is 12.4. The first-order valence-corrected chi connectivity index (χ1v) is 12.8. The predicted molar refractivity (Wildman–Crippen MR) is 148 cm³/mol. The average Bonchev–Trinajstić information content (AvgIpc) is 3.51. The van der Waals surface area contributed by atoms with Gasteiger partial charge in [0.25, 0.3) is 0 Å². The number of aryl methyl sites for hydroxylation is 1. The first-order chi connectivity index (χ1) is 18.9. The number of methoxy groups -OCH3 is 1. The first kappa shape index (κ1) is 24.8. The van der Waals surface area contributed by atoms with Crippen LogP contribution in [0.2, 0.25) is 5.02 Å². The highest BCUT2D eigenvalue weighted by atomic mass is 35.5. The molecule has 0 saturated heterocycles. The number of carbonyl (C=O) groups is 1. The third-order valence-corrected chi connectivity index (χ3v) is 7.24. The van der Waals surface area contributed by atoms with Crippen LogP contribution in [0.25, 0.3) is 11.5 Å². The Morgan fingerprint density at radius 2 is 1.82 bits per heavy atom. The molecule has 39 heavy (non-hydrogen) atoms. The zero-order valence-corrected chi connectivity index (χ0v) is 22.1. The van der Waals surface area contributed by atoms with Crippen molar-refractivity contribution in [3.63, 3.8) is 0 Å². The lowest BCUT2D eigenvalue weighted by Crippen LogP contribution is -2.38. The fourth-order valence-electron chi connectivity index (χ4n) is 5.06. The van der Waals surface area contributed by atoms with Gasteiger partial charge in [-0.25, -0.2) is 13.9 Å². The summed E-state index contributed by atoms with van der Waals surface area (Å²) in [6, 6.07) is 24.9. The third-order valence-electron chi connectivity index (χ3n) is 6.95. The number of urea groups is 1. The van der Waals surface area contributed by atoms with E-state index in [1.807, 2.05) is 84.5 Å². The van der Waals surface area contributed by atoms with Gasteiger partial charge in [-0.3, -0.25) is 0 Å². The molecule has 0 spiro atoms. The van der Waals surface area contributed by atoms with Crippen molar-refractivity contribution < 1.29 is 13.9 Å². The van der Waals surface area contributed by atoms with E-state index in [0.29, 0.717) is 5.69 Å². The Bertz CT molecular complexity index is 1660. The van der Waals surface area contributed by atoms with Crippen LogP contribution in [0, 0.1) is 12.7 Å². The molecule has 1 atom stereocenters. The Morgan fingerprint density at radius 1 is 1.05 bits per heavy atom. The van der Waals surface area contributed by atoms with Gasteiger partial charge in [0.2, 0.25) is 0 Å². The number of halogens is 2. The summed E-state index contributed by atoms with van der Waals surface area (Å²) >= 11 is 6.00. The molecule has 0 fully saturated rings. The van der Waals surface area contributed by atoms with Crippen molar-refractivity contribution in [3.8, 4) is 17.3 Å². The van der Waals surface area contributed by atoms with E-state index < -0.39 is 11.9 Å². The zero-order valence-electron chi connectivity index (χ0n) is 21.3. The van der Waals surface area contributed by atoms with E-state index in [2.05, 4.69) is 9.88 Å². The summed E-state index contributed by atoms with van der Waals surface area (Å²) in [5.74, 6) is 1.04. The van der Waals surface area contributed by atoms with Crippen LogP contribution in [0.1, 0.15) is 28.6 Å². The van der Waals surface area contributed by atoms with Crippen LogP contribution in [0.15, 0.2) is 91.1 Å². The molecule has 2 amide bonds. The number of nitrogens with zero attached hydrogens (tertiary/aromatic N) is 4. The number of aromatic nitrogens is 3. The van der Waals surface area contributed by atoms with E-state index in [1.165, 1.54) is 18.2 Å². The SMILES string of the molecule is COc1ccc([C@H]2c3cccn3-c3c(c(C)nn3-c3ccccc3)CN2C(=O)Nc2ccc(F)c(Cl)c2)cc1. The van der Waals surface area contributed by atoms with Crippen molar-refractivity contribution in [2.45, 2.75) is 19.5 Å².